The van der Waals surface area contributed by atoms with Crippen molar-refractivity contribution >= 4 is 50.0 Å². The van der Waals surface area contributed by atoms with Crippen LogP contribution in [-0.4, -0.2) is 47.8 Å². The lowest BCUT2D eigenvalue weighted by Gasteiger charge is -2.34. The second-order valence-electron chi connectivity index (χ2n) is 6.52. The summed E-state index contributed by atoms with van der Waals surface area (Å²) in [6.45, 7) is 4.29. The van der Waals surface area contributed by atoms with E-state index in [4.69, 9.17) is 11.6 Å². The number of halogens is 1. The van der Waals surface area contributed by atoms with Crippen LogP contribution in [0.4, 0.5) is 5.13 Å². The number of ketones is 1. The Hall–Kier alpha value is -2.44. The zero-order chi connectivity index (χ0) is 19.0. The third-order valence-electron chi connectivity index (χ3n) is 4.71. The minimum Gasteiger partial charge on any atom is -0.345 e. The van der Waals surface area contributed by atoms with Crippen molar-refractivity contribution in [1.29, 1.82) is 0 Å². The molecule has 0 saturated carbocycles. The van der Waals surface area contributed by atoms with Gasteiger partial charge in [0.15, 0.2) is 10.9 Å². The number of piperazine rings is 1. The molecule has 1 aromatic heterocycles. The van der Waals surface area contributed by atoms with E-state index in [1.807, 2.05) is 23.1 Å². The van der Waals surface area contributed by atoms with E-state index in [0.717, 1.165) is 28.4 Å². The van der Waals surface area contributed by atoms with Crippen molar-refractivity contribution in [2.75, 3.05) is 31.1 Å². The van der Waals surface area contributed by atoms with Gasteiger partial charge in [0, 0.05) is 42.3 Å². The van der Waals surface area contributed by atoms with Crippen LogP contribution >= 0.6 is 22.9 Å². The van der Waals surface area contributed by atoms with Crippen LogP contribution in [0, 0.1) is 0 Å². The molecule has 2 aromatic carbocycles. The van der Waals surface area contributed by atoms with Crippen molar-refractivity contribution in [2.45, 2.75) is 6.92 Å². The predicted octanol–water partition coefficient (Wildman–Crippen LogP) is 4.11. The van der Waals surface area contributed by atoms with E-state index in [2.05, 4.69) is 9.88 Å². The number of nitrogens with zero attached hydrogens (tertiary/aromatic N) is 3. The molecule has 0 atom stereocenters. The summed E-state index contributed by atoms with van der Waals surface area (Å²) in [5.74, 6) is 0.000527. The monoisotopic (exact) mass is 399 g/mol. The van der Waals surface area contributed by atoms with Crippen LogP contribution in [0.2, 0.25) is 5.02 Å². The molecule has 1 aliphatic rings. The van der Waals surface area contributed by atoms with E-state index in [9.17, 15) is 9.59 Å². The summed E-state index contributed by atoms with van der Waals surface area (Å²) in [6.07, 6.45) is 0. The maximum atomic E-state index is 12.7. The molecule has 0 aliphatic carbocycles. The Balaban J connectivity index is 1.43. The zero-order valence-electron chi connectivity index (χ0n) is 14.8. The number of benzene rings is 2. The molecule has 0 N–H and O–H groups in total. The van der Waals surface area contributed by atoms with Gasteiger partial charge in [-0.1, -0.05) is 35.1 Å². The fraction of sp³-hybridized carbons (Fsp3) is 0.250. The fourth-order valence-corrected chi connectivity index (χ4v) is 4.45. The van der Waals surface area contributed by atoms with E-state index in [0.29, 0.717) is 29.2 Å². The number of fused-ring (bicyclic) bond motifs is 1. The van der Waals surface area contributed by atoms with E-state index < -0.39 is 0 Å². The largest absolute Gasteiger partial charge is 0.345 e. The van der Waals surface area contributed by atoms with Crippen molar-refractivity contribution in [1.82, 2.24) is 9.88 Å². The number of carbonyl (C=O) groups excluding carboxylic acids is 2. The molecule has 1 aliphatic heterocycles. The van der Waals surface area contributed by atoms with E-state index >= 15 is 0 Å². The SMILES string of the molecule is CC(=O)c1ccc(C(=O)N2CCN(c3nc4ccc(Cl)cc4s3)CC2)cc1. The lowest BCUT2D eigenvalue weighted by molar-refractivity contribution is 0.0746. The first-order chi connectivity index (χ1) is 13.0. The molecular weight excluding hydrogens is 382 g/mol. The molecule has 1 fully saturated rings. The molecule has 0 unspecified atom stereocenters. The van der Waals surface area contributed by atoms with Crippen molar-refractivity contribution in [2.24, 2.45) is 0 Å². The Bertz CT molecular complexity index is 1010. The van der Waals surface area contributed by atoms with Gasteiger partial charge in [-0.15, -0.1) is 0 Å². The number of thiazole rings is 1. The second-order valence-corrected chi connectivity index (χ2v) is 7.97. The molecule has 138 valence electrons. The molecule has 0 spiro atoms. The number of hydrogen-bond donors (Lipinski definition) is 0. The van der Waals surface area contributed by atoms with Crippen LogP contribution in [0.5, 0.6) is 0 Å². The first-order valence-corrected chi connectivity index (χ1v) is 9.92. The second kappa shape index (κ2) is 7.29. The minimum absolute atomic E-state index is 0.000245. The summed E-state index contributed by atoms with van der Waals surface area (Å²) in [7, 11) is 0. The van der Waals surface area contributed by atoms with Gasteiger partial charge in [0.1, 0.15) is 0 Å². The topological polar surface area (TPSA) is 53.5 Å². The zero-order valence-corrected chi connectivity index (χ0v) is 16.4. The Kier molecular flexibility index (Phi) is 4.85. The number of Topliss-reactive ketones (excluding diaryl/α,β-unsaturated/α-hetero) is 1. The number of rotatable bonds is 3. The molecule has 2 heterocycles. The van der Waals surface area contributed by atoms with E-state index in [-0.39, 0.29) is 11.7 Å². The van der Waals surface area contributed by atoms with Crippen molar-refractivity contribution in [3.8, 4) is 0 Å². The highest BCUT2D eigenvalue weighted by molar-refractivity contribution is 7.22. The summed E-state index contributed by atoms with van der Waals surface area (Å²) in [4.78, 5) is 32.8. The number of anilines is 1. The maximum Gasteiger partial charge on any atom is 0.253 e. The third kappa shape index (κ3) is 3.68. The third-order valence-corrected chi connectivity index (χ3v) is 6.03. The van der Waals surface area contributed by atoms with Crippen molar-refractivity contribution in [3.05, 3.63) is 58.6 Å². The standard InChI is InChI=1S/C20H18ClN3O2S/c1-13(25)14-2-4-15(5-3-14)19(26)23-8-10-24(11-9-23)20-22-17-7-6-16(21)12-18(17)27-20/h2-7,12H,8-11H2,1H3. The number of amides is 1. The summed E-state index contributed by atoms with van der Waals surface area (Å²) in [5.41, 5.74) is 2.18. The summed E-state index contributed by atoms with van der Waals surface area (Å²) >= 11 is 7.68. The van der Waals surface area contributed by atoms with E-state index in [1.54, 1.807) is 35.6 Å². The van der Waals surface area contributed by atoms with Crippen LogP contribution in [0.3, 0.4) is 0 Å². The molecule has 4 rings (SSSR count). The van der Waals surface area contributed by atoms with Crippen LogP contribution in [0.1, 0.15) is 27.6 Å². The van der Waals surface area contributed by atoms with Crippen LogP contribution in [0.15, 0.2) is 42.5 Å². The first kappa shape index (κ1) is 17.9. The van der Waals surface area contributed by atoms with Gasteiger partial charge in [-0.05, 0) is 37.3 Å². The minimum atomic E-state index is -0.000245. The van der Waals surface area contributed by atoms with Gasteiger partial charge < -0.3 is 9.80 Å². The molecule has 27 heavy (non-hydrogen) atoms. The lowest BCUT2D eigenvalue weighted by Crippen LogP contribution is -2.48. The Morgan fingerprint density at radius 1 is 1.00 bits per heavy atom. The smallest absolute Gasteiger partial charge is 0.253 e. The fourth-order valence-electron chi connectivity index (χ4n) is 3.15. The molecule has 0 bridgehead atoms. The molecular formula is C20H18ClN3O2S. The Morgan fingerprint density at radius 3 is 2.33 bits per heavy atom. The van der Waals surface area contributed by atoms with Crippen molar-refractivity contribution in [3.63, 3.8) is 0 Å². The van der Waals surface area contributed by atoms with Gasteiger partial charge in [-0.25, -0.2) is 4.98 Å². The highest BCUT2D eigenvalue weighted by Crippen LogP contribution is 2.31. The van der Waals surface area contributed by atoms with Gasteiger partial charge in [-0.3, -0.25) is 9.59 Å². The van der Waals surface area contributed by atoms with Crippen LogP contribution in [0.25, 0.3) is 10.2 Å². The van der Waals surface area contributed by atoms with Gasteiger partial charge in [0.05, 0.1) is 10.2 Å². The Morgan fingerprint density at radius 2 is 1.67 bits per heavy atom. The summed E-state index contributed by atoms with van der Waals surface area (Å²) in [6, 6.07) is 12.6. The van der Waals surface area contributed by atoms with Gasteiger partial charge in [-0.2, -0.15) is 0 Å². The normalized spacial score (nSPS) is 14.6. The summed E-state index contributed by atoms with van der Waals surface area (Å²) in [5, 5.41) is 1.68. The Labute approximate surface area is 166 Å². The predicted molar refractivity (Wildman–Crippen MR) is 109 cm³/mol. The van der Waals surface area contributed by atoms with Crippen molar-refractivity contribution < 1.29 is 9.59 Å². The molecule has 5 nitrogen and oxygen atoms in total. The maximum absolute atomic E-state index is 12.7. The molecule has 1 amide bonds. The lowest BCUT2D eigenvalue weighted by atomic mass is 10.1. The summed E-state index contributed by atoms with van der Waals surface area (Å²) < 4.78 is 1.07. The van der Waals surface area contributed by atoms with Crippen LogP contribution < -0.4 is 4.90 Å². The van der Waals surface area contributed by atoms with Gasteiger partial charge in [0.25, 0.3) is 5.91 Å². The molecule has 1 saturated heterocycles. The average molecular weight is 400 g/mol. The van der Waals surface area contributed by atoms with Gasteiger partial charge in [0.2, 0.25) is 0 Å². The highest BCUT2D eigenvalue weighted by atomic mass is 35.5. The number of aromatic nitrogens is 1. The highest BCUT2D eigenvalue weighted by Gasteiger charge is 2.24. The quantitative estimate of drug-likeness (QED) is 0.622. The van der Waals surface area contributed by atoms with E-state index in [1.165, 1.54) is 6.92 Å². The number of hydrogen-bond acceptors (Lipinski definition) is 5. The van der Waals surface area contributed by atoms with Gasteiger partial charge >= 0.3 is 0 Å². The molecule has 7 heteroatoms. The first-order valence-electron chi connectivity index (χ1n) is 8.72. The van der Waals surface area contributed by atoms with Crippen LogP contribution in [-0.2, 0) is 0 Å². The molecule has 0 radical (unpaired) electrons. The number of carbonyl (C=O) groups is 2. The average Bonchev–Trinajstić information content (AvgIpc) is 3.11. The molecule has 3 aromatic rings.